The molecule has 7 nitrogen and oxygen atoms in total. The molecule has 0 fully saturated rings. The molecule has 148 valence electrons. The first-order chi connectivity index (χ1) is 14.0. The lowest BCUT2D eigenvalue weighted by atomic mass is 10.2. The average Bonchev–Trinajstić information content (AvgIpc) is 2.73. The fourth-order valence-electron chi connectivity index (χ4n) is 2.41. The number of rotatable bonds is 7. The van der Waals surface area contributed by atoms with Crippen LogP contribution in [0, 0.1) is 0 Å². The van der Waals surface area contributed by atoms with Crippen LogP contribution in [0.4, 0.5) is 11.5 Å². The summed E-state index contributed by atoms with van der Waals surface area (Å²) >= 11 is 0. The highest BCUT2D eigenvalue weighted by molar-refractivity contribution is 7.92. The number of hydrogen-bond acceptors (Lipinski definition) is 5. The van der Waals surface area contributed by atoms with Gasteiger partial charge in [-0.3, -0.25) is 9.52 Å². The van der Waals surface area contributed by atoms with Gasteiger partial charge in [0.1, 0.15) is 11.6 Å². The average molecular weight is 409 g/mol. The maximum absolute atomic E-state index is 12.4. The minimum absolute atomic E-state index is 0.0647. The second-order valence-corrected chi connectivity index (χ2v) is 7.62. The van der Waals surface area contributed by atoms with Crippen LogP contribution in [0.3, 0.4) is 0 Å². The van der Waals surface area contributed by atoms with Crippen molar-refractivity contribution in [1.29, 1.82) is 0 Å². The van der Waals surface area contributed by atoms with Gasteiger partial charge >= 0.3 is 0 Å². The molecule has 1 heterocycles. The van der Waals surface area contributed by atoms with E-state index in [-0.39, 0.29) is 16.6 Å². The van der Waals surface area contributed by atoms with Crippen molar-refractivity contribution in [2.75, 3.05) is 17.1 Å². The maximum atomic E-state index is 12.4. The van der Waals surface area contributed by atoms with E-state index in [4.69, 9.17) is 4.74 Å². The van der Waals surface area contributed by atoms with Gasteiger partial charge in [0, 0.05) is 18.0 Å². The van der Waals surface area contributed by atoms with Crippen LogP contribution in [0.1, 0.15) is 5.56 Å². The summed E-state index contributed by atoms with van der Waals surface area (Å²) in [6.07, 6.45) is 4.56. The molecule has 0 atom stereocenters. The van der Waals surface area contributed by atoms with E-state index < -0.39 is 10.0 Å². The van der Waals surface area contributed by atoms with Gasteiger partial charge in [0.15, 0.2) is 0 Å². The van der Waals surface area contributed by atoms with Crippen molar-refractivity contribution in [3.05, 3.63) is 84.6 Å². The minimum Gasteiger partial charge on any atom is -0.497 e. The van der Waals surface area contributed by atoms with Crippen molar-refractivity contribution in [1.82, 2.24) is 4.98 Å². The van der Waals surface area contributed by atoms with Crippen LogP contribution < -0.4 is 14.8 Å². The molecule has 0 aliphatic carbocycles. The predicted molar refractivity (Wildman–Crippen MR) is 112 cm³/mol. The van der Waals surface area contributed by atoms with Crippen LogP contribution >= 0.6 is 0 Å². The molecule has 0 aliphatic rings. The number of sulfonamides is 1. The number of aromatic nitrogens is 1. The van der Waals surface area contributed by atoms with E-state index in [1.54, 1.807) is 43.5 Å². The van der Waals surface area contributed by atoms with Gasteiger partial charge in [0.2, 0.25) is 5.91 Å². The highest BCUT2D eigenvalue weighted by atomic mass is 32.2. The molecule has 0 saturated carbocycles. The summed E-state index contributed by atoms with van der Waals surface area (Å²) < 4.78 is 32.2. The van der Waals surface area contributed by atoms with E-state index in [0.717, 1.165) is 11.3 Å². The number of carbonyl (C=O) groups is 1. The van der Waals surface area contributed by atoms with Crippen molar-refractivity contribution < 1.29 is 17.9 Å². The molecule has 0 unspecified atom stereocenters. The Bertz CT molecular complexity index is 1090. The number of hydrogen-bond donors (Lipinski definition) is 2. The Morgan fingerprint density at radius 2 is 1.72 bits per heavy atom. The molecule has 0 aliphatic heterocycles. The molecular formula is C21H19N3O4S. The lowest BCUT2D eigenvalue weighted by Crippen LogP contribution is -2.14. The summed E-state index contributed by atoms with van der Waals surface area (Å²) in [6, 6.07) is 18.1. The molecule has 0 bridgehead atoms. The highest BCUT2D eigenvalue weighted by Crippen LogP contribution is 2.17. The zero-order chi connectivity index (χ0) is 20.7. The van der Waals surface area contributed by atoms with Crippen LogP contribution in [-0.2, 0) is 14.8 Å². The number of carbonyl (C=O) groups excluding carboxylic acids is 1. The van der Waals surface area contributed by atoms with Crippen molar-refractivity contribution in [3.63, 3.8) is 0 Å². The van der Waals surface area contributed by atoms with Crippen LogP contribution in [0.25, 0.3) is 6.08 Å². The normalized spacial score (nSPS) is 11.2. The van der Waals surface area contributed by atoms with Crippen molar-refractivity contribution in [2.24, 2.45) is 0 Å². The second-order valence-electron chi connectivity index (χ2n) is 5.94. The zero-order valence-corrected chi connectivity index (χ0v) is 16.4. The summed E-state index contributed by atoms with van der Waals surface area (Å²) in [5.74, 6) is 0.635. The molecule has 0 radical (unpaired) electrons. The van der Waals surface area contributed by atoms with Crippen molar-refractivity contribution >= 4 is 33.5 Å². The van der Waals surface area contributed by atoms with Crippen LogP contribution in [0.15, 0.2) is 83.9 Å². The number of methoxy groups -OCH3 is 1. The number of ether oxygens (including phenoxy) is 1. The Hall–Kier alpha value is -3.65. The van der Waals surface area contributed by atoms with E-state index >= 15 is 0 Å². The zero-order valence-electron chi connectivity index (χ0n) is 15.6. The molecule has 2 N–H and O–H groups in total. The molecule has 8 heteroatoms. The van der Waals surface area contributed by atoms with Gasteiger partial charge in [-0.1, -0.05) is 18.2 Å². The van der Waals surface area contributed by atoms with Gasteiger partial charge in [-0.2, -0.15) is 0 Å². The van der Waals surface area contributed by atoms with Crippen molar-refractivity contribution in [2.45, 2.75) is 4.90 Å². The summed E-state index contributed by atoms with van der Waals surface area (Å²) in [5.41, 5.74) is 1.33. The monoisotopic (exact) mass is 409 g/mol. The summed E-state index contributed by atoms with van der Waals surface area (Å²) in [5, 5.41) is 2.69. The third kappa shape index (κ3) is 5.66. The summed E-state index contributed by atoms with van der Waals surface area (Å²) in [4.78, 5) is 16.1. The second kappa shape index (κ2) is 9.03. The number of benzene rings is 2. The molecule has 3 aromatic rings. The van der Waals surface area contributed by atoms with Gasteiger partial charge in [0.05, 0.1) is 12.0 Å². The Morgan fingerprint density at radius 3 is 2.34 bits per heavy atom. The highest BCUT2D eigenvalue weighted by Gasteiger charge is 2.14. The van der Waals surface area contributed by atoms with Gasteiger partial charge < -0.3 is 10.1 Å². The lowest BCUT2D eigenvalue weighted by molar-refractivity contribution is -0.111. The molecule has 0 spiro atoms. The first kappa shape index (κ1) is 20.1. The van der Waals surface area contributed by atoms with Crippen LogP contribution in [0.2, 0.25) is 0 Å². The standard InChI is InChI=1S/C21H19N3O4S/c1-28-18-10-5-16(6-11-18)7-14-21(25)23-17-8-12-19(13-9-17)29(26,27)24-20-4-2-3-15-22-20/h2-15H,1H3,(H,22,24)(H,23,25). The van der Waals surface area contributed by atoms with Gasteiger partial charge in [-0.05, 0) is 60.2 Å². The number of pyridine rings is 1. The SMILES string of the molecule is COc1ccc(C=CC(=O)Nc2ccc(S(=O)(=O)Nc3ccccn3)cc2)cc1. The minimum atomic E-state index is -3.76. The third-order valence-corrected chi connectivity index (χ3v) is 5.25. The molecule has 3 rings (SSSR count). The van der Waals surface area contributed by atoms with Gasteiger partial charge in [0.25, 0.3) is 10.0 Å². The largest absolute Gasteiger partial charge is 0.497 e. The first-order valence-electron chi connectivity index (χ1n) is 8.63. The lowest BCUT2D eigenvalue weighted by Gasteiger charge is -2.08. The molecule has 29 heavy (non-hydrogen) atoms. The predicted octanol–water partition coefficient (Wildman–Crippen LogP) is 3.54. The smallest absolute Gasteiger partial charge is 0.263 e. The van der Waals surface area contributed by atoms with E-state index in [9.17, 15) is 13.2 Å². The van der Waals surface area contributed by atoms with Gasteiger partial charge in [-0.15, -0.1) is 0 Å². The number of amides is 1. The Labute approximate surface area is 169 Å². The number of nitrogens with one attached hydrogen (secondary N) is 2. The number of anilines is 2. The molecule has 2 aromatic carbocycles. The van der Waals surface area contributed by atoms with E-state index in [1.165, 1.54) is 36.5 Å². The molecule has 1 aromatic heterocycles. The topological polar surface area (TPSA) is 97.4 Å². The third-order valence-electron chi connectivity index (χ3n) is 3.88. The maximum Gasteiger partial charge on any atom is 0.263 e. The van der Waals surface area contributed by atoms with Crippen molar-refractivity contribution in [3.8, 4) is 5.75 Å². The summed E-state index contributed by atoms with van der Waals surface area (Å²) in [7, 11) is -2.17. The Kier molecular flexibility index (Phi) is 6.25. The Balaban J connectivity index is 1.62. The van der Waals surface area contributed by atoms with E-state index in [0.29, 0.717) is 5.69 Å². The van der Waals surface area contributed by atoms with Crippen LogP contribution in [-0.4, -0.2) is 26.4 Å². The molecule has 0 saturated heterocycles. The van der Waals surface area contributed by atoms with Crippen LogP contribution in [0.5, 0.6) is 5.75 Å². The Morgan fingerprint density at radius 1 is 1.00 bits per heavy atom. The fraction of sp³-hybridized carbons (Fsp3) is 0.0476. The van der Waals surface area contributed by atoms with E-state index in [2.05, 4.69) is 15.0 Å². The first-order valence-corrected chi connectivity index (χ1v) is 10.1. The quantitative estimate of drug-likeness (QED) is 0.582. The van der Waals surface area contributed by atoms with E-state index in [1.807, 2.05) is 12.1 Å². The van der Waals surface area contributed by atoms with Gasteiger partial charge in [-0.25, -0.2) is 13.4 Å². The molecular weight excluding hydrogens is 390 g/mol. The number of nitrogens with zero attached hydrogens (tertiary/aromatic N) is 1. The summed E-state index contributed by atoms with van der Waals surface area (Å²) in [6.45, 7) is 0. The molecule has 1 amide bonds. The fourth-order valence-corrected chi connectivity index (χ4v) is 3.42.